The SMILES string of the molecule is Cc1cc(N(C)c2ccc(C(=O)O)cc2)ccc1Br. The minimum Gasteiger partial charge on any atom is -0.478 e. The predicted octanol–water partition coefficient (Wildman–Crippen LogP) is 4.22. The zero-order valence-corrected chi connectivity index (χ0v) is 12.3. The topological polar surface area (TPSA) is 40.5 Å². The first kappa shape index (κ1) is 13.6. The molecule has 0 aromatic heterocycles. The molecular weight excluding hydrogens is 306 g/mol. The van der Waals surface area contributed by atoms with Crippen LogP contribution in [0.1, 0.15) is 15.9 Å². The van der Waals surface area contributed by atoms with Crippen LogP contribution in [0.2, 0.25) is 0 Å². The van der Waals surface area contributed by atoms with Crippen molar-refractivity contribution in [3.8, 4) is 0 Å². The van der Waals surface area contributed by atoms with Crippen molar-refractivity contribution in [3.63, 3.8) is 0 Å². The van der Waals surface area contributed by atoms with Gasteiger partial charge in [-0.05, 0) is 55.0 Å². The number of anilines is 2. The van der Waals surface area contributed by atoms with Crippen LogP contribution >= 0.6 is 15.9 Å². The molecule has 3 nitrogen and oxygen atoms in total. The van der Waals surface area contributed by atoms with Gasteiger partial charge in [-0.3, -0.25) is 0 Å². The average Bonchev–Trinajstić information content (AvgIpc) is 2.41. The van der Waals surface area contributed by atoms with Crippen LogP contribution in [0.25, 0.3) is 0 Å². The molecule has 0 spiro atoms. The molecular formula is C15H14BrNO2. The zero-order chi connectivity index (χ0) is 14.0. The number of hydrogen-bond donors (Lipinski definition) is 1. The molecule has 0 saturated heterocycles. The fourth-order valence-corrected chi connectivity index (χ4v) is 2.06. The highest BCUT2D eigenvalue weighted by molar-refractivity contribution is 9.10. The fraction of sp³-hybridized carbons (Fsp3) is 0.133. The molecule has 4 heteroatoms. The third kappa shape index (κ3) is 2.96. The highest BCUT2D eigenvalue weighted by Gasteiger charge is 2.07. The summed E-state index contributed by atoms with van der Waals surface area (Å²) < 4.78 is 1.07. The maximum Gasteiger partial charge on any atom is 0.335 e. The molecule has 0 atom stereocenters. The van der Waals surface area contributed by atoms with Gasteiger partial charge in [-0.25, -0.2) is 4.79 Å². The largest absolute Gasteiger partial charge is 0.478 e. The Balaban J connectivity index is 2.30. The lowest BCUT2D eigenvalue weighted by molar-refractivity contribution is 0.0697. The van der Waals surface area contributed by atoms with Crippen molar-refractivity contribution in [2.24, 2.45) is 0 Å². The number of aromatic carboxylic acids is 1. The van der Waals surface area contributed by atoms with E-state index in [0.717, 1.165) is 21.4 Å². The van der Waals surface area contributed by atoms with E-state index in [9.17, 15) is 4.79 Å². The van der Waals surface area contributed by atoms with Crippen LogP contribution in [-0.2, 0) is 0 Å². The Morgan fingerprint density at radius 1 is 1.11 bits per heavy atom. The molecule has 98 valence electrons. The number of carbonyl (C=O) groups is 1. The Hall–Kier alpha value is -1.81. The van der Waals surface area contributed by atoms with E-state index in [4.69, 9.17) is 5.11 Å². The van der Waals surface area contributed by atoms with Crippen LogP contribution in [0.5, 0.6) is 0 Å². The monoisotopic (exact) mass is 319 g/mol. The van der Waals surface area contributed by atoms with Crippen LogP contribution in [0.15, 0.2) is 46.9 Å². The van der Waals surface area contributed by atoms with Crippen LogP contribution in [0.4, 0.5) is 11.4 Å². The molecule has 2 rings (SSSR count). The smallest absolute Gasteiger partial charge is 0.335 e. The Kier molecular flexibility index (Phi) is 3.90. The zero-order valence-electron chi connectivity index (χ0n) is 10.7. The summed E-state index contributed by atoms with van der Waals surface area (Å²) >= 11 is 3.48. The van der Waals surface area contributed by atoms with Gasteiger partial charge in [0.1, 0.15) is 0 Å². The fourth-order valence-electron chi connectivity index (χ4n) is 1.81. The summed E-state index contributed by atoms with van der Waals surface area (Å²) in [5.74, 6) is -0.909. The second-order valence-electron chi connectivity index (χ2n) is 4.34. The standard InChI is InChI=1S/C15H14BrNO2/c1-10-9-13(7-8-14(10)16)17(2)12-5-3-11(4-6-12)15(18)19/h3-9H,1-2H3,(H,18,19). The van der Waals surface area contributed by atoms with Gasteiger partial charge < -0.3 is 10.0 Å². The van der Waals surface area contributed by atoms with Gasteiger partial charge in [-0.2, -0.15) is 0 Å². The van der Waals surface area contributed by atoms with Crippen molar-refractivity contribution >= 4 is 33.3 Å². The van der Waals surface area contributed by atoms with Gasteiger partial charge in [0.05, 0.1) is 5.56 Å². The van der Waals surface area contributed by atoms with Crippen molar-refractivity contribution in [1.29, 1.82) is 0 Å². The van der Waals surface area contributed by atoms with E-state index in [1.807, 2.05) is 31.0 Å². The third-order valence-electron chi connectivity index (χ3n) is 3.03. The van der Waals surface area contributed by atoms with Crippen molar-refractivity contribution in [1.82, 2.24) is 0 Å². The van der Waals surface area contributed by atoms with Crippen molar-refractivity contribution in [2.45, 2.75) is 6.92 Å². The van der Waals surface area contributed by atoms with Gasteiger partial charge in [0, 0.05) is 22.9 Å². The molecule has 0 radical (unpaired) electrons. The quantitative estimate of drug-likeness (QED) is 0.920. The molecule has 0 unspecified atom stereocenters. The lowest BCUT2D eigenvalue weighted by Gasteiger charge is -2.20. The van der Waals surface area contributed by atoms with Crippen molar-refractivity contribution < 1.29 is 9.90 Å². The van der Waals surface area contributed by atoms with Crippen molar-refractivity contribution in [3.05, 3.63) is 58.1 Å². The number of hydrogen-bond acceptors (Lipinski definition) is 2. The molecule has 1 N–H and O–H groups in total. The first-order chi connectivity index (χ1) is 8.99. The first-order valence-corrected chi connectivity index (χ1v) is 6.61. The molecule has 0 heterocycles. The average molecular weight is 320 g/mol. The Morgan fingerprint density at radius 3 is 2.21 bits per heavy atom. The van der Waals surface area contributed by atoms with E-state index in [2.05, 4.69) is 22.0 Å². The van der Waals surface area contributed by atoms with Crippen LogP contribution in [0.3, 0.4) is 0 Å². The van der Waals surface area contributed by atoms with Crippen LogP contribution in [-0.4, -0.2) is 18.1 Å². The molecule has 0 saturated carbocycles. The Labute approximate surface area is 120 Å². The molecule has 2 aromatic carbocycles. The van der Waals surface area contributed by atoms with Gasteiger partial charge in [-0.1, -0.05) is 15.9 Å². The summed E-state index contributed by atoms with van der Waals surface area (Å²) in [6.07, 6.45) is 0. The summed E-state index contributed by atoms with van der Waals surface area (Å²) in [7, 11) is 1.96. The number of halogens is 1. The molecule has 0 aliphatic carbocycles. The predicted molar refractivity (Wildman–Crippen MR) is 80.3 cm³/mol. The van der Waals surface area contributed by atoms with Crippen molar-refractivity contribution in [2.75, 3.05) is 11.9 Å². The van der Waals surface area contributed by atoms with Gasteiger partial charge >= 0.3 is 5.97 Å². The summed E-state index contributed by atoms with van der Waals surface area (Å²) in [4.78, 5) is 12.8. The molecule has 0 bridgehead atoms. The number of carboxylic acid groups (broad SMARTS) is 1. The minimum atomic E-state index is -0.909. The van der Waals surface area contributed by atoms with E-state index >= 15 is 0 Å². The molecule has 0 amide bonds. The van der Waals surface area contributed by atoms with Gasteiger partial charge in [-0.15, -0.1) is 0 Å². The summed E-state index contributed by atoms with van der Waals surface area (Å²) in [5, 5.41) is 8.88. The number of carboxylic acids is 1. The third-order valence-corrected chi connectivity index (χ3v) is 3.92. The van der Waals surface area contributed by atoms with E-state index in [1.54, 1.807) is 24.3 Å². The highest BCUT2D eigenvalue weighted by atomic mass is 79.9. The molecule has 2 aromatic rings. The minimum absolute atomic E-state index is 0.295. The van der Waals surface area contributed by atoms with E-state index in [1.165, 1.54) is 0 Å². The maximum atomic E-state index is 10.8. The number of benzene rings is 2. The van der Waals surface area contributed by atoms with E-state index in [0.29, 0.717) is 5.56 Å². The van der Waals surface area contributed by atoms with Crippen LogP contribution < -0.4 is 4.90 Å². The molecule has 19 heavy (non-hydrogen) atoms. The Bertz CT molecular complexity index is 608. The van der Waals surface area contributed by atoms with Gasteiger partial charge in [0.15, 0.2) is 0 Å². The molecule has 0 aliphatic heterocycles. The number of nitrogens with zero attached hydrogens (tertiary/aromatic N) is 1. The molecule has 0 fully saturated rings. The highest BCUT2D eigenvalue weighted by Crippen LogP contribution is 2.27. The Morgan fingerprint density at radius 2 is 1.68 bits per heavy atom. The van der Waals surface area contributed by atoms with Gasteiger partial charge in [0.25, 0.3) is 0 Å². The second kappa shape index (κ2) is 5.45. The maximum absolute atomic E-state index is 10.8. The first-order valence-electron chi connectivity index (χ1n) is 5.82. The number of aryl methyl sites for hydroxylation is 1. The summed E-state index contributed by atoms with van der Waals surface area (Å²) in [5.41, 5.74) is 3.46. The summed E-state index contributed by atoms with van der Waals surface area (Å²) in [6.45, 7) is 2.04. The lowest BCUT2D eigenvalue weighted by atomic mass is 10.1. The number of rotatable bonds is 3. The van der Waals surface area contributed by atoms with Gasteiger partial charge in [0.2, 0.25) is 0 Å². The second-order valence-corrected chi connectivity index (χ2v) is 5.20. The normalized spacial score (nSPS) is 10.3. The molecule has 0 aliphatic rings. The van der Waals surface area contributed by atoms with Crippen LogP contribution in [0, 0.1) is 6.92 Å². The van der Waals surface area contributed by atoms with E-state index < -0.39 is 5.97 Å². The summed E-state index contributed by atoms with van der Waals surface area (Å²) in [6, 6.07) is 12.9. The van der Waals surface area contributed by atoms with E-state index in [-0.39, 0.29) is 0 Å². The lowest BCUT2D eigenvalue weighted by Crippen LogP contribution is -2.09.